The molecule has 0 bridgehead atoms. The van der Waals surface area contributed by atoms with Crippen LogP contribution in [0.1, 0.15) is 11.5 Å². The molecule has 0 atom stereocenters. The molecule has 0 radical (unpaired) electrons. The van der Waals surface area contributed by atoms with E-state index in [1.54, 1.807) is 19.9 Å². The second-order valence-electron chi connectivity index (χ2n) is 4.97. The molecule has 7 nitrogen and oxygen atoms in total. The van der Waals surface area contributed by atoms with Gasteiger partial charge in [-0.15, -0.1) is 10.2 Å². The van der Waals surface area contributed by atoms with Crippen LogP contribution in [-0.4, -0.2) is 46.1 Å². The number of anilines is 1. The van der Waals surface area contributed by atoms with Crippen LogP contribution < -0.4 is 10.5 Å². The molecule has 0 aliphatic carbocycles. The zero-order chi connectivity index (χ0) is 14.8. The van der Waals surface area contributed by atoms with Gasteiger partial charge in [0.2, 0.25) is 0 Å². The van der Waals surface area contributed by atoms with Crippen molar-refractivity contribution in [2.24, 2.45) is 0 Å². The van der Waals surface area contributed by atoms with E-state index in [4.69, 9.17) is 4.74 Å². The second-order valence-corrected chi connectivity index (χ2v) is 4.97. The minimum atomic E-state index is -0.145. The van der Waals surface area contributed by atoms with Crippen molar-refractivity contribution in [3.63, 3.8) is 0 Å². The smallest absolute Gasteiger partial charge is 0.259 e. The minimum absolute atomic E-state index is 0.145. The molecule has 0 aromatic carbocycles. The molecule has 0 spiro atoms. The third kappa shape index (κ3) is 2.78. The fraction of sp³-hybridized carbons (Fsp3) is 0.429. The van der Waals surface area contributed by atoms with Crippen molar-refractivity contribution in [2.45, 2.75) is 13.8 Å². The zero-order valence-electron chi connectivity index (χ0n) is 12.1. The number of aryl methyl sites for hydroxylation is 2. The van der Waals surface area contributed by atoms with E-state index in [1.807, 2.05) is 6.07 Å². The average Bonchev–Trinajstić information content (AvgIpc) is 2.48. The highest BCUT2D eigenvalue weighted by Gasteiger charge is 2.14. The van der Waals surface area contributed by atoms with Crippen molar-refractivity contribution in [3.05, 3.63) is 40.1 Å². The molecule has 3 heterocycles. The summed E-state index contributed by atoms with van der Waals surface area (Å²) >= 11 is 0. The van der Waals surface area contributed by atoms with E-state index < -0.39 is 0 Å². The van der Waals surface area contributed by atoms with Crippen molar-refractivity contribution in [1.82, 2.24) is 19.7 Å². The van der Waals surface area contributed by atoms with Gasteiger partial charge in [0.25, 0.3) is 5.56 Å². The van der Waals surface area contributed by atoms with E-state index >= 15 is 0 Å². The van der Waals surface area contributed by atoms with Crippen LogP contribution in [0.15, 0.2) is 23.0 Å². The summed E-state index contributed by atoms with van der Waals surface area (Å²) in [5, 5.41) is 8.38. The van der Waals surface area contributed by atoms with E-state index in [1.165, 1.54) is 10.6 Å². The molecule has 0 amide bonds. The van der Waals surface area contributed by atoms with Crippen molar-refractivity contribution in [1.29, 1.82) is 0 Å². The Morgan fingerprint density at radius 3 is 2.38 bits per heavy atom. The van der Waals surface area contributed by atoms with E-state index in [9.17, 15) is 4.79 Å². The number of aromatic nitrogens is 4. The van der Waals surface area contributed by atoms with Crippen LogP contribution in [-0.2, 0) is 4.74 Å². The Morgan fingerprint density at radius 1 is 1.10 bits per heavy atom. The topological polar surface area (TPSA) is 73.1 Å². The zero-order valence-corrected chi connectivity index (χ0v) is 12.1. The van der Waals surface area contributed by atoms with Gasteiger partial charge >= 0.3 is 0 Å². The van der Waals surface area contributed by atoms with Gasteiger partial charge in [-0.3, -0.25) is 4.79 Å². The third-order valence-electron chi connectivity index (χ3n) is 3.42. The summed E-state index contributed by atoms with van der Waals surface area (Å²) in [5.41, 5.74) is 0.556. The van der Waals surface area contributed by atoms with Crippen LogP contribution in [0.4, 0.5) is 5.82 Å². The summed E-state index contributed by atoms with van der Waals surface area (Å²) in [6, 6.07) is 5.16. The Morgan fingerprint density at radius 2 is 1.76 bits per heavy atom. The molecule has 21 heavy (non-hydrogen) atoms. The Balaban J connectivity index is 1.92. The van der Waals surface area contributed by atoms with Crippen LogP contribution >= 0.6 is 0 Å². The van der Waals surface area contributed by atoms with E-state index in [0.29, 0.717) is 30.5 Å². The van der Waals surface area contributed by atoms with E-state index in [-0.39, 0.29) is 5.56 Å². The summed E-state index contributed by atoms with van der Waals surface area (Å²) in [4.78, 5) is 18.5. The first-order chi connectivity index (χ1) is 10.1. The standard InChI is InChI=1S/C14H17N5O2/c1-10-9-14(20)19(11(2)15-10)13-4-3-12(16-17-13)18-5-7-21-8-6-18/h3-4,9H,5-8H2,1-2H3. The lowest BCUT2D eigenvalue weighted by atomic mass is 10.3. The lowest BCUT2D eigenvalue weighted by Crippen LogP contribution is -2.37. The summed E-state index contributed by atoms with van der Waals surface area (Å²) < 4.78 is 6.77. The first-order valence-electron chi connectivity index (χ1n) is 6.89. The Labute approximate surface area is 122 Å². The van der Waals surface area contributed by atoms with Crippen molar-refractivity contribution in [2.75, 3.05) is 31.2 Å². The first kappa shape index (κ1) is 13.7. The van der Waals surface area contributed by atoms with Gasteiger partial charge in [-0.25, -0.2) is 9.55 Å². The highest BCUT2D eigenvalue weighted by atomic mass is 16.5. The normalized spacial score (nSPS) is 15.2. The van der Waals surface area contributed by atoms with Crippen LogP contribution in [0.3, 0.4) is 0 Å². The van der Waals surface area contributed by atoms with Crippen LogP contribution in [0.25, 0.3) is 5.82 Å². The fourth-order valence-corrected chi connectivity index (χ4v) is 2.42. The van der Waals surface area contributed by atoms with Gasteiger partial charge in [-0.05, 0) is 26.0 Å². The lowest BCUT2D eigenvalue weighted by molar-refractivity contribution is 0.122. The first-order valence-corrected chi connectivity index (χ1v) is 6.89. The highest BCUT2D eigenvalue weighted by molar-refractivity contribution is 5.40. The van der Waals surface area contributed by atoms with Gasteiger partial charge in [0.05, 0.1) is 13.2 Å². The molecule has 0 saturated carbocycles. The minimum Gasteiger partial charge on any atom is -0.378 e. The van der Waals surface area contributed by atoms with Gasteiger partial charge in [0.15, 0.2) is 11.6 Å². The average molecular weight is 287 g/mol. The van der Waals surface area contributed by atoms with Gasteiger partial charge < -0.3 is 9.64 Å². The maximum Gasteiger partial charge on any atom is 0.259 e. The number of nitrogens with zero attached hydrogens (tertiary/aromatic N) is 5. The Kier molecular flexibility index (Phi) is 3.66. The van der Waals surface area contributed by atoms with Crippen molar-refractivity contribution >= 4 is 5.82 Å². The molecule has 2 aromatic rings. The predicted octanol–water partition coefficient (Wildman–Crippen LogP) is 0.476. The molecule has 3 rings (SSSR count). The van der Waals surface area contributed by atoms with Gasteiger partial charge in [-0.1, -0.05) is 0 Å². The maximum atomic E-state index is 12.1. The predicted molar refractivity (Wildman–Crippen MR) is 77.9 cm³/mol. The Bertz CT molecular complexity index is 690. The van der Waals surface area contributed by atoms with Crippen LogP contribution in [0.2, 0.25) is 0 Å². The molecule has 2 aromatic heterocycles. The summed E-state index contributed by atoms with van der Waals surface area (Å²) in [6.45, 7) is 6.59. The molecule has 110 valence electrons. The number of ether oxygens (including phenoxy) is 1. The largest absolute Gasteiger partial charge is 0.378 e. The monoisotopic (exact) mass is 287 g/mol. The van der Waals surface area contributed by atoms with Gasteiger partial charge in [0, 0.05) is 24.8 Å². The molecular weight excluding hydrogens is 270 g/mol. The number of rotatable bonds is 2. The molecule has 1 aliphatic heterocycles. The van der Waals surface area contributed by atoms with Gasteiger partial charge in [-0.2, -0.15) is 0 Å². The van der Waals surface area contributed by atoms with E-state index in [2.05, 4.69) is 20.1 Å². The number of hydrogen-bond acceptors (Lipinski definition) is 6. The fourth-order valence-electron chi connectivity index (χ4n) is 2.42. The second kappa shape index (κ2) is 5.61. The van der Waals surface area contributed by atoms with E-state index in [0.717, 1.165) is 18.9 Å². The molecule has 1 aliphatic rings. The maximum absolute atomic E-state index is 12.1. The molecule has 0 unspecified atom stereocenters. The summed E-state index contributed by atoms with van der Waals surface area (Å²) in [6.07, 6.45) is 0. The lowest BCUT2D eigenvalue weighted by Gasteiger charge is -2.27. The molecule has 7 heteroatoms. The van der Waals surface area contributed by atoms with Crippen LogP contribution in [0, 0.1) is 13.8 Å². The quantitative estimate of drug-likeness (QED) is 0.799. The Hall–Kier alpha value is -2.28. The molecule has 0 N–H and O–H groups in total. The summed E-state index contributed by atoms with van der Waals surface area (Å²) in [5.74, 6) is 1.89. The van der Waals surface area contributed by atoms with Crippen LogP contribution in [0.5, 0.6) is 0 Å². The molecule has 1 fully saturated rings. The highest BCUT2D eigenvalue weighted by Crippen LogP contribution is 2.13. The van der Waals surface area contributed by atoms with Crippen molar-refractivity contribution < 1.29 is 4.74 Å². The SMILES string of the molecule is Cc1cc(=O)n(-c2ccc(N3CCOCC3)nn2)c(C)n1. The molecular formula is C14H17N5O2. The van der Waals surface area contributed by atoms with Crippen molar-refractivity contribution in [3.8, 4) is 5.82 Å². The third-order valence-corrected chi connectivity index (χ3v) is 3.42. The van der Waals surface area contributed by atoms with Gasteiger partial charge in [0.1, 0.15) is 5.82 Å². The summed E-state index contributed by atoms with van der Waals surface area (Å²) in [7, 11) is 0. The molecule has 1 saturated heterocycles. The number of hydrogen-bond donors (Lipinski definition) is 0. The number of morpholine rings is 1.